The van der Waals surface area contributed by atoms with Gasteiger partial charge in [-0.3, -0.25) is 0 Å². The lowest BCUT2D eigenvalue weighted by molar-refractivity contribution is 0.835. The maximum atomic E-state index is 4.39. The van der Waals surface area contributed by atoms with Gasteiger partial charge in [-0.05, 0) is 13.8 Å². The van der Waals surface area contributed by atoms with E-state index in [4.69, 9.17) is 0 Å². The first-order chi connectivity index (χ1) is 9.19. The zero-order chi connectivity index (χ0) is 13.4. The van der Waals surface area contributed by atoms with E-state index < -0.39 is 0 Å². The van der Waals surface area contributed by atoms with Gasteiger partial charge in [0.05, 0.1) is 11.6 Å². The number of hydrogen-bond acceptors (Lipinski definition) is 6. The van der Waals surface area contributed by atoms with Crippen molar-refractivity contribution in [2.45, 2.75) is 13.8 Å². The topological polar surface area (TPSA) is 81.4 Å². The van der Waals surface area contributed by atoms with Gasteiger partial charge in [-0.15, -0.1) is 0 Å². The van der Waals surface area contributed by atoms with Crippen molar-refractivity contribution in [1.82, 2.24) is 29.7 Å². The Labute approximate surface area is 109 Å². The van der Waals surface area contributed by atoms with Crippen LogP contribution in [0.1, 0.15) is 11.5 Å². The second kappa shape index (κ2) is 4.27. The molecule has 7 nitrogen and oxygen atoms in total. The number of fused-ring (bicyclic) bond motifs is 1. The highest BCUT2D eigenvalue weighted by Crippen LogP contribution is 2.20. The van der Waals surface area contributed by atoms with Crippen LogP contribution in [0.15, 0.2) is 18.6 Å². The zero-order valence-corrected chi connectivity index (χ0v) is 10.9. The van der Waals surface area contributed by atoms with Crippen molar-refractivity contribution < 1.29 is 0 Å². The molecule has 1 N–H and O–H groups in total. The lowest BCUT2D eigenvalue weighted by Gasteiger charge is -2.04. The average molecular weight is 255 g/mol. The van der Waals surface area contributed by atoms with E-state index in [1.54, 1.807) is 10.9 Å². The highest BCUT2D eigenvalue weighted by molar-refractivity contribution is 5.86. The van der Waals surface area contributed by atoms with E-state index in [-0.39, 0.29) is 0 Å². The van der Waals surface area contributed by atoms with E-state index in [1.807, 2.05) is 27.0 Å². The fraction of sp³-hybridized carbons (Fsp3) is 0.250. The van der Waals surface area contributed by atoms with Crippen LogP contribution in [0.2, 0.25) is 0 Å². The van der Waals surface area contributed by atoms with E-state index >= 15 is 0 Å². The van der Waals surface area contributed by atoms with Gasteiger partial charge >= 0.3 is 0 Å². The number of nitrogens with zero attached hydrogens (tertiary/aromatic N) is 6. The van der Waals surface area contributed by atoms with Crippen molar-refractivity contribution in [1.29, 1.82) is 0 Å². The Hall–Kier alpha value is -2.57. The molecule has 3 heterocycles. The van der Waals surface area contributed by atoms with Crippen molar-refractivity contribution >= 4 is 16.9 Å². The fourth-order valence-corrected chi connectivity index (χ4v) is 2.02. The third-order valence-corrected chi connectivity index (χ3v) is 2.77. The number of aryl methyl sites for hydroxylation is 2. The molecular weight excluding hydrogens is 242 g/mol. The third-order valence-electron chi connectivity index (χ3n) is 2.77. The van der Waals surface area contributed by atoms with Crippen LogP contribution in [0.25, 0.3) is 16.9 Å². The van der Waals surface area contributed by atoms with Crippen molar-refractivity contribution in [3.63, 3.8) is 0 Å². The number of anilines is 1. The van der Waals surface area contributed by atoms with E-state index in [1.165, 1.54) is 6.33 Å². The summed E-state index contributed by atoms with van der Waals surface area (Å²) in [5.74, 6) is 2.17. The molecule has 0 aromatic carbocycles. The normalized spacial score (nSPS) is 10.9. The highest BCUT2D eigenvalue weighted by atomic mass is 15.3. The van der Waals surface area contributed by atoms with Gasteiger partial charge < -0.3 is 5.32 Å². The molecule has 0 aliphatic heterocycles. The maximum absolute atomic E-state index is 4.39. The highest BCUT2D eigenvalue weighted by Gasteiger charge is 2.11. The van der Waals surface area contributed by atoms with Gasteiger partial charge in [-0.1, -0.05) is 0 Å². The smallest absolute Gasteiger partial charge is 0.170 e. The van der Waals surface area contributed by atoms with Crippen molar-refractivity contribution in [3.05, 3.63) is 30.1 Å². The summed E-state index contributed by atoms with van der Waals surface area (Å²) in [5, 5.41) is 8.22. The molecule has 3 rings (SSSR count). The fourth-order valence-electron chi connectivity index (χ4n) is 2.02. The van der Waals surface area contributed by atoms with E-state index in [9.17, 15) is 0 Å². The minimum atomic E-state index is 0.709. The molecule has 0 bridgehead atoms. The lowest BCUT2D eigenvalue weighted by Crippen LogP contribution is -2.04. The minimum Gasteiger partial charge on any atom is -0.372 e. The third kappa shape index (κ3) is 1.88. The Morgan fingerprint density at radius 3 is 2.74 bits per heavy atom. The summed E-state index contributed by atoms with van der Waals surface area (Å²) in [6, 6.07) is 1.88. The molecule has 3 aromatic rings. The molecule has 0 fully saturated rings. The Balaban J connectivity index is 2.26. The van der Waals surface area contributed by atoms with Gasteiger partial charge in [0.25, 0.3) is 0 Å². The largest absolute Gasteiger partial charge is 0.372 e. The van der Waals surface area contributed by atoms with Crippen LogP contribution >= 0.6 is 0 Å². The molecule has 0 spiro atoms. The molecule has 0 radical (unpaired) electrons. The predicted molar refractivity (Wildman–Crippen MR) is 71.3 cm³/mol. The first-order valence-corrected chi connectivity index (χ1v) is 5.88. The van der Waals surface area contributed by atoms with Crippen molar-refractivity contribution in [2.24, 2.45) is 0 Å². The second-order valence-corrected chi connectivity index (χ2v) is 4.18. The molecular formula is C12H13N7. The standard InChI is InChI=1S/C12H13N7/c1-7-4-10(18-8(2)17-7)19-12-9(5-16-19)11(13-3)14-6-15-12/h4-6H,1-3H3,(H,13,14,15). The molecule has 3 aromatic heterocycles. The van der Waals surface area contributed by atoms with Crippen LogP contribution < -0.4 is 5.32 Å². The molecule has 0 aliphatic carbocycles. The molecule has 0 amide bonds. The van der Waals surface area contributed by atoms with Crippen molar-refractivity contribution in [3.8, 4) is 5.82 Å². The molecule has 96 valence electrons. The molecule has 0 saturated heterocycles. The van der Waals surface area contributed by atoms with Gasteiger partial charge in [0.1, 0.15) is 18.0 Å². The molecule has 0 unspecified atom stereocenters. The zero-order valence-electron chi connectivity index (χ0n) is 10.9. The Morgan fingerprint density at radius 1 is 1.16 bits per heavy atom. The number of nitrogens with one attached hydrogen (secondary N) is 1. The Morgan fingerprint density at radius 2 is 2.00 bits per heavy atom. The van der Waals surface area contributed by atoms with Gasteiger partial charge in [-0.25, -0.2) is 19.9 Å². The summed E-state index contributed by atoms with van der Waals surface area (Å²) in [6.07, 6.45) is 3.24. The number of hydrogen-bond donors (Lipinski definition) is 1. The van der Waals surface area contributed by atoms with Crippen LogP contribution in [0.5, 0.6) is 0 Å². The quantitative estimate of drug-likeness (QED) is 0.742. The average Bonchev–Trinajstić information content (AvgIpc) is 2.81. The summed E-state index contributed by atoms with van der Waals surface area (Å²) in [6.45, 7) is 3.79. The van der Waals surface area contributed by atoms with E-state index in [0.29, 0.717) is 11.6 Å². The van der Waals surface area contributed by atoms with Gasteiger partial charge in [0, 0.05) is 18.8 Å². The molecule has 0 atom stereocenters. The van der Waals surface area contributed by atoms with Crippen LogP contribution in [-0.4, -0.2) is 36.8 Å². The second-order valence-electron chi connectivity index (χ2n) is 4.18. The van der Waals surface area contributed by atoms with E-state index in [0.717, 1.165) is 22.5 Å². The summed E-state index contributed by atoms with van der Waals surface area (Å²) in [7, 11) is 1.82. The maximum Gasteiger partial charge on any atom is 0.170 e. The summed E-state index contributed by atoms with van der Waals surface area (Å²) >= 11 is 0. The van der Waals surface area contributed by atoms with E-state index in [2.05, 4.69) is 30.4 Å². The molecule has 19 heavy (non-hydrogen) atoms. The molecule has 0 saturated carbocycles. The van der Waals surface area contributed by atoms with Crippen LogP contribution in [0.4, 0.5) is 5.82 Å². The lowest BCUT2D eigenvalue weighted by atomic mass is 10.4. The first kappa shape index (κ1) is 11.5. The first-order valence-electron chi connectivity index (χ1n) is 5.88. The number of aromatic nitrogens is 6. The van der Waals surface area contributed by atoms with Gasteiger partial charge in [0.2, 0.25) is 0 Å². The van der Waals surface area contributed by atoms with Crippen LogP contribution in [-0.2, 0) is 0 Å². The SMILES string of the molecule is CNc1ncnc2c1cnn2-c1cc(C)nc(C)n1. The Bertz CT molecular complexity index is 727. The Kier molecular flexibility index (Phi) is 2.59. The minimum absolute atomic E-state index is 0.709. The molecule has 0 aliphatic rings. The van der Waals surface area contributed by atoms with Gasteiger partial charge in [-0.2, -0.15) is 9.78 Å². The monoisotopic (exact) mass is 255 g/mol. The van der Waals surface area contributed by atoms with Crippen molar-refractivity contribution in [2.75, 3.05) is 12.4 Å². The van der Waals surface area contributed by atoms with Crippen LogP contribution in [0, 0.1) is 13.8 Å². The molecule has 7 heteroatoms. The summed E-state index contributed by atoms with van der Waals surface area (Å²) in [4.78, 5) is 17.1. The summed E-state index contributed by atoms with van der Waals surface area (Å²) in [5.41, 5.74) is 1.62. The van der Waals surface area contributed by atoms with Crippen LogP contribution in [0.3, 0.4) is 0 Å². The number of rotatable bonds is 2. The summed E-state index contributed by atoms with van der Waals surface area (Å²) < 4.78 is 1.69. The van der Waals surface area contributed by atoms with Gasteiger partial charge in [0.15, 0.2) is 11.5 Å². The predicted octanol–water partition coefficient (Wildman–Crippen LogP) is 1.26.